The van der Waals surface area contributed by atoms with Crippen molar-refractivity contribution in [2.24, 2.45) is 0 Å². The molecule has 442 valence electrons. The highest BCUT2D eigenvalue weighted by Crippen LogP contribution is 2.43. The first kappa shape index (κ1) is 73.2. The van der Waals surface area contributed by atoms with Gasteiger partial charge in [-0.3, -0.25) is 23.4 Å². The van der Waals surface area contributed by atoms with Crippen molar-refractivity contribution in [1.82, 2.24) is 0 Å². The van der Waals surface area contributed by atoms with E-state index in [-0.39, 0.29) is 25.9 Å². The summed E-state index contributed by atoms with van der Waals surface area (Å²) in [5, 5.41) is 9.83. The molecule has 0 aromatic carbocycles. The minimum atomic E-state index is -4.76. The van der Waals surface area contributed by atoms with Gasteiger partial charge in [-0.05, 0) is 83.5 Å². The molecule has 0 heterocycles. The first-order chi connectivity index (χ1) is 37.2. The van der Waals surface area contributed by atoms with Crippen LogP contribution in [0.3, 0.4) is 0 Å². The molecule has 0 amide bonds. The summed E-state index contributed by atoms with van der Waals surface area (Å²) < 4.78 is 39.6. The van der Waals surface area contributed by atoms with Gasteiger partial charge in [0.15, 0.2) is 6.10 Å². The number of rotatable bonds is 58. The van der Waals surface area contributed by atoms with E-state index in [9.17, 15) is 28.9 Å². The summed E-state index contributed by atoms with van der Waals surface area (Å²) in [5.74, 6) is -1.48. The van der Waals surface area contributed by atoms with Crippen LogP contribution in [0.25, 0.3) is 0 Å². The number of hydrogen-bond donors (Lipinski definition) is 2. The molecule has 0 bridgehead atoms. The number of hydrogen-bond acceptors (Lipinski definition) is 10. The lowest BCUT2D eigenvalue weighted by atomic mass is 10.0. The first-order valence-corrected chi connectivity index (χ1v) is 32.7. The average Bonchev–Trinajstić information content (AvgIpc) is 3.41. The Balaban J connectivity index is 4.73. The molecule has 0 spiro atoms. The Morgan fingerprint density at radius 1 is 0.382 bits per heavy atom. The largest absolute Gasteiger partial charge is 0.472 e. The number of esters is 3. The van der Waals surface area contributed by atoms with E-state index in [2.05, 4.69) is 81.5 Å². The molecule has 0 aliphatic carbocycles. The third-order valence-corrected chi connectivity index (χ3v) is 14.4. The van der Waals surface area contributed by atoms with Gasteiger partial charge in [0, 0.05) is 19.3 Å². The Hall–Kier alpha value is -2.82. The molecule has 76 heavy (non-hydrogen) atoms. The molecular formula is C64H115O11P. The zero-order valence-corrected chi connectivity index (χ0v) is 49.9. The van der Waals surface area contributed by atoms with Crippen LogP contribution in [0.5, 0.6) is 0 Å². The van der Waals surface area contributed by atoms with Gasteiger partial charge in [-0.1, -0.05) is 248 Å². The van der Waals surface area contributed by atoms with Crippen LogP contribution in [0.4, 0.5) is 0 Å². The van der Waals surface area contributed by atoms with Crippen LogP contribution < -0.4 is 0 Å². The topological polar surface area (TPSA) is 155 Å². The Morgan fingerprint density at radius 2 is 0.684 bits per heavy atom. The number of aliphatic hydroxyl groups excluding tert-OH is 1. The molecule has 0 saturated heterocycles. The summed E-state index contributed by atoms with van der Waals surface area (Å²) in [4.78, 5) is 48.7. The van der Waals surface area contributed by atoms with E-state index >= 15 is 0 Å². The zero-order chi connectivity index (χ0) is 55.5. The molecule has 0 aromatic heterocycles. The second-order valence-corrected chi connectivity index (χ2v) is 22.3. The first-order valence-electron chi connectivity index (χ1n) is 31.2. The highest BCUT2D eigenvalue weighted by molar-refractivity contribution is 7.47. The number of phosphoric ester groups is 1. The van der Waals surface area contributed by atoms with Crippen LogP contribution in [0.1, 0.15) is 290 Å². The number of allylic oxidation sites excluding steroid dienone is 10. The third kappa shape index (κ3) is 55.9. The third-order valence-electron chi connectivity index (χ3n) is 13.4. The van der Waals surface area contributed by atoms with Crippen molar-refractivity contribution in [3.05, 3.63) is 60.8 Å². The summed E-state index contributed by atoms with van der Waals surface area (Å²) in [7, 11) is -4.76. The van der Waals surface area contributed by atoms with Crippen LogP contribution in [-0.2, 0) is 42.2 Å². The van der Waals surface area contributed by atoms with Gasteiger partial charge < -0.3 is 24.2 Å². The second-order valence-electron chi connectivity index (χ2n) is 20.8. The Labute approximate surface area is 465 Å². The van der Waals surface area contributed by atoms with Gasteiger partial charge in [-0.25, -0.2) is 4.57 Å². The van der Waals surface area contributed by atoms with Crippen LogP contribution >= 0.6 is 7.82 Å². The fourth-order valence-electron chi connectivity index (χ4n) is 8.70. The molecule has 0 radical (unpaired) electrons. The summed E-state index contributed by atoms with van der Waals surface area (Å²) in [5.41, 5.74) is 0. The van der Waals surface area contributed by atoms with Crippen molar-refractivity contribution in [1.29, 1.82) is 0 Å². The number of ether oxygens (including phenoxy) is 3. The Bertz CT molecular complexity index is 1510. The van der Waals surface area contributed by atoms with E-state index in [4.69, 9.17) is 23.3 Å². The molecule has 3 unspecified atom stereocenters. The standard InChI is InChI=1S/C64H115O11P/c1-4-7-10-13-16-19-22-25-28-30-33-35-38-41-44-47-50-53-62(66)71-57-61(75-64(68)55-52-49-46-43-40-37-34-31-29-26-23-20-17-14-11-8-5-2)59-73-76(69,70)72-58-60(56-65)74-63(67)54-51-48-45-42-39-36-32-27-24-21-18-15-12-9-6-3/h7,10,16,19,25,27-28,32-33,35,60-61,65H,4-6,8-9,11-15,17-18,20-24,26,29-31,34,36-59H2,1-3H3,(H,69,70)/b10-7-,19-16-,28-25-,32-27-,35-33-. The van der Waals surface area contributed by atoms with Gasteiger partial charge in [0.2, 0.25) is 0 Å². The van der Waals surface area contributed by atoms with Gasteiger partial charge in [-0.2, -0.15) is 0 Å². The Kier molecular flexibility index (Phi) is 56.2. The fourth-order valence-corrected chi connectivity index (χ4v) is 9.48. The Morgan fingerprint density at radius 3 is 1.07 bits per heavy atom. The van der Waals surface area contributed by atoms with Crippen LogP contribution in [0, 0.1) is 0 Å². The molecular weight excluding hydrogens is 976 g/mol. The lowest BCUT2D eigenvalue weighted by molar-refractivity contribution is -0.161. The number of unbranched alkanes of at least 4 members (excludes halogenated alkanes) is 31. The molecule has 12 heteroatoms. The molecule has 0 fully saturated rings. The van der Waals surface area contributed by atoms with Crippen molar-refractivity contribution in [2.75, 3.05) is 26.4 Å². The lowest BCUT2D eigenvalue weighted by Gasteiger charge is -2.21. The summed E-state index contributed by atoms with van der Waals surface area (Å²) >= 11 is 0. The second kappa shape index (κ2) is 58.3. The van der Waals surface area contributed by atoms with Crippen molar-refractivity contribution >= 4 is 25.7 Å². The van der Waals surface area contributed by atoms with E-state index < -0.39 is 57.8 Å². The smallest absolute Gasteiger partial charge is 0.462 e. The average molecular weight is 1090 g/mol. The minimum absolute atomic E-state index is 0.164. The predicted molar refractivity (Wildman–Crippen MR) is 316 cm³/mol. The normalized spacial score (nSPS) is 13.7. The fraction of sp³-hybridized carbons (Fsp3) is 0.797. The molecule has 3 atom stereocenters. The maximum atomic E-state index is 12.9. The summed E-state index contributed by atoms with van der Waals surface area (Å²) in [6.07, 6.45) is 64.6. The molecule has 0 aliphatic heterocycles. The molecule has 0 saturated carbocycles. The van der Waals surface area contributed by atoms with Gasteiger partial charge in [0.05, 0.1) is 19.8 Å². The maximum absolute atomic E-state index is 12.9. The molecule has 0 aliphatic rings. The monoisotopic (exact) mass is 1090 g/mol. The highest BCUT2D eigenvalue weighted by atomic mass is 31.2. The van der Waals surface area contributed by atoms with E-state index in [1.807, 2.05) is 0 Å². The SMILES string of the molecule is CC/C=C\C/C=C\C/C=C\C/C=C\CCCCCCC(=O)OCC(COP(=O)(O)OCC(CO)OC(=O)CCCCCCC/C=C\CCCCCCCC)OC(=O)CCCCCCCCCCCCCCCCCCC. The van der Waals surface area contributed by atoms with Gasteiger partial charge >= 0.3 is 25.7 Å². The number of carbonyl (C=O) groups excluding carboxylic acids is 3. The van der Waals surface area contributed by atoms with Crippen molar-refractivity contribution < 1.29 is 52.2 Å². The molecule has 0 rings (SSSR count). The summed E-state index contributed by atoms with van der Waals surface area (Å²) in [6.45, 7) is 4.54. The number of aliphatic hydroxyl groups is 1. The van der Waals surface area contributed by atoms with Gasteiger partial charge in [0.1, 0.15) is 12.7 Å². The van der Waals surface area contributed by atoms with Crippen molar-refractivity contribution in [3.63, 3.8) is 0 Å². The molecule has 11 nitrogen and oxygen atoms in total. The highest BCUT2D eigenvalue weighted by Gasteiger charge is 2.28. The van der Waals surface area contributed by atoms with E-state index in [1.165, 1.54) is 122 Å². The maximum Gasteiger partial charge on any atom is 0.472 e. The lowest BCUT2D eigenvalue weighted by Crippen LogP contribution is -2.30. The van der Waals surface area contributed by atoms with Crippen molar-refractivity contribution in [3.8, 4) is 0 Å². The minimum Gasteiger partial charge on any atom is -0.462 e. The quantitative estimate of drug-likeness (QED) is 0.0197. The van der Waals surface area contributed by atoms with E-state index in [0.717, 1.165) is 109 Å². The van der Waals surface area contributed by atoms with Crippen molar-refractivity contribution in [2.45, 2.75) is 303 Å². The number of phosphoric acid groups is 1. The van der Waals surface area contributed by atoms with Crippen LogP contribution in [0.15, 0.2) is 60.8 Å². The predicted octanol–water partition coefficient (Wildman–Crippen LogP) is 18.7. The van der Waals surface area contributed by atoms with Crippen LogP contribution in [0.2, 0.25) is 0 Å². The van der Waals surface area contributed by atoms with Crippen LogP contribution in [-0.4, -0.2) is 66.5 Å². The molecule has 0 aromatic rings. The summed E-state index contributed by atoms with van der Waals surface area (Å²) in [6, 6.07) is 0. The van der Waals surface area contributed by atoms with Gasteiger partial charge in [0.25, 0.3) is 0 Å². The number of carbonyl (C=O) groups is 3. The van der Waals surface area contributed by atoms with Gasteiger partial charge in [-0.15, -0.1) is 0 Å². The van der Waals surface area contributed by atoms with E-state index in [0.29, 0.717) is 19.3 Å². The van der Waals surface area contributed by atoms with E-state index in [1.54, 1.807) is 0 Å². The molecule has 2 N–H and O–H groups in total. The zero-order valence-electron chi connectivity index (χ0n) is 49.0.